The molecule has 0 heterocycles. The van der Waals surface area contributed by atoms with E-state index in [1.807, 2.05) is 6.92 Å². The number of ether oxygens (including phenoxy) is 3. The highest BCUT2D eigenvalue weighted by Crippen LogP contribution is 2.39. The number of carboxylic acid groups (broad SMARTS) is 1. The predicted octanol–water partition coefficient (Wildman–Crippen LogP) is 2.14. The number of hydrogen-bond acceptors (Lipinski definition) is 5. The lowest BCUT2D eigenvalue weighted by atomic mass is 10.1. The quantitative estimate of drug-likeness (QED) is 0.742. The van der Waals surface area contributed by atoms with E-state index in [9.17, 15) is 9.59 Å². The second-order valence-corrected chi connectivity index (χ2v) is 5.75. The molecule has 0 bridgehead atoms. The van der Waals surface area contributed by atoms with Crippen LogP contribution < -0.4 is 19.5 Å². The van der Waals surface area contributed by atoms with E-state index in [-0.39, 0.29) is 18.6 Å². The lowest BCUT2D eigenvalue weighted by Crippen LogP contribution is -2.41. The van der Waals surface area contributed by atoms with Crippen LogP contribution in [0.3, 0.4) is 0 Å². The highest BCUT2D eigenvalue weighted by atomic mass is 16.5. The average Bonchev–Trinajstić information content (AvgIpc) is 2.59. The Balaban J connectivity index is 2.91. The van der Waals surface area contributed by atoms with Gasteiger partial charge in [0.15, 0.2) is 11.5 Å². The number of methoxy groups -OCH3 is 3. The van der Waals surface area contributed by atoms with Crippen molar-refractivity contribution in [3.05, 3.63) is 17.7 Å². The highest BCUT2D eigenvalue weighted by molar-refractivity contribution is 5.76. The molecule has 0 saturated heterocycles. The Labute approximate surface area is 147 Å². The van der Waals surface area contributed by atoms with Crippen LogP contribution in [0.25, 0.3) is 0 Å². The summed E-state index contributed by atoms with van der Waals surface area (Å²) in [7, 11) is 6.11. The predicted molar refractivity (Wildman–Crippen MR) is 92.5 cm³/mol. The van der Waals surface area contributed by atoms with Crippen LogP contribution in [0.4, 0.5) is 4.79 Å². The summed E-state index contributed by atoms with van der Waals surface area (Å²) in [5.41, 5.74) is 0.766. The van der Waals surface area contributed by atoms with Crippen LogP contribution in [-0.4, -0.2) is 56.9 Å². The number of carbonyl (C=O) groups is 2. The van der Waals surface area contributed by atoms with Gasteiger partial charge in [0.1, 0.15) is 0 Å². The molecule has 0 fully saturated rings. The van der Waals surface area contributed by atoms with Gasteiger partial charge in [0.05, 0.1) is 33.3 Å². The lowest BCUT2D eigenvalue weighted by molar-refractivity contribution is -0.141. The van der Waals surface area contributed by atoms with Crippen LogP contribution in [0.5, 0.6) is 17.2 Å². The Bertz CT molecular complexity index is 594. The Morgan fingerprint density at radius 3 is 2.04 bits per heavy atom. The number of nitrogens with zero attached hydrogens (tertiary/aromatic N) is 1. The zero-order valence-corrected chi connectivity index (χ0v) is 15.5. The molecule has 1 aromatic carbocycles. The van der Waals surface area contributed by atoms with Gasteiger partial charge in [0, 0.05) is 13.6 Å². The van der Waals surface area contributed by atoms with Crippen LogP contribution in [-0.2, 0) is 4.79 Å². The number of carboxylic acids is 1. The molecule has 0 radical (unpaired) electrons. The molecule has 2 N–H and O–H groups in total. The van der Waals surface area contributed by atoms with E-state index < -0.39 is 11.9 Å². The van der Waals surface area contributed by atoms with Gasteiger partial charge in [-0.2, -0.15) is 0 Å². The van der Waals surface area contributed by atoms with E-state index in [0.29, 0.717) is 17.2 Å². The van der Waals surface area contributed by atoms with E-state index in [0.717, 1.165) is 5.56 Å². The molecular weight excluding hydrogens is 328 g/mol. The molecule has 8 heteroatoms. The topological polar surface area (TPSA) is 97.3 Å². The largest absolute Gasteiger partial charge is 0.493 e. The second kappa shape index (κ2) is 9.00. The number of nitrogens with one attached hydrogen (secondary N) is 1. The summed E-state index contributed by atoms with van der Waals surface area (Å²) in [6.45, 7) is 3.48. The summed E-state index contributed by atoms with van der Waals surface area (Å²) in [4.78, 5) is 24.5. The number of benzene rings is 1. The molecule has 2 atom stereocenters. The number of carbonyl (C=O) groups excluding carboxylic acids is 1. The normalized spacial score (nSPS) is 12.7. The summed E-state index contributed by atoms with van der Waals surface area (Å²) >= 11 is 0. The standard InChI is InChI=1S/C17H26N2O6/c1-10(16(20)21)9-19(3)17(22)18-11(2)12-7-13(23-4)15(25-6)14(8-12)24-5/h7-8,10-11H,9H2,1-6H3,(H,18,22)(H,20,21). The fraction of sp³-hybridized carbons (Fsp3) is 0.529. The number of aliphatic carboxylic acids is 1. The molecule has 0 saturated carbocycles. The van der Waals surface area contributed by atoms with E-state index >= 15 is 0 Å². The van der Waals surface area contributed by atoms with Gasteiger partial charge < -0.3 is 29.5 Å². The fourth-order valence-electron chi connectivity index (χ4n) is 2.30. The Kier molecular flexibility index (Phi) is 7.35. The summed E-state index contributed by atoms with van der Waals surface area (Å²) in [5.74, 6) is -0.138. The van der Waals surface area contributed by atoms with Crippen LogP contribution in [0.2, 0.25) is 0 Å². The smallest absolute Gasteiger partial charge is 0.317 e. The first-order valence-electron chi connectivity index (χ1n) is 7.79. The van der Waals surface area contributed by atoms with Crippen molar-refractivity contribution in [2.24, 2.45) is 5.92 Å². The van der Waals surface area contributed by atoms with E-state index in [4.69, 9.17) is 19.3 Å². The number of urea groups is 1. The maximum Gasteiger partial charge on any atom is 0.317 e. The van der Waals surface area contributed by atoms with Crippen molar-refractivity contribution < 1.29 is 28.9 Å². The molecular formula is C17H26N2O6. The van der Waals surface area contributed by atoms with E-state index in [1.54, 1.807) is 26.1 Å². The SMILES string of the molecule is COc1cc(C(C)NC(=O)N(C)CC(C)C(=O)O)cc(OC)c1OC. The molecule has 0 aliphatic rings. The zero-order chi connectivity index (χ0) is 19.1. The van der Waals surface area contributed by atoms with Crippen molar-refractivity contribution in [1.82, 2.24) is 10.2 Å². The summed E-state index contributed by atoms with van der Waals surface area (Å²) in [6, 6.07) is 2.80. The van der Waals surface area contributed by atoms with Crippen molar-refractivity contribution in [1.29, 1.82) is 0 Å². The fourth-order valence-corrected chi connectivity index (χ4v) is 2.30. The van der Waals surface area contributed by atoms with Crippen LogP contribution in [0.15, 0.2) is 12.1 Å². The first kappa shape index (κ1) is 20.4. The molecule has 8 nitrogen and oxygen atoms in total. The molecule has 140 valence electrons. The lowest BCUT2D eigenvalue weighted by Gasteiger charge is -2.24. The maximum atomic E-state index is 12.3. The van der Waals surface area contributed by atoms with Crippen LogP contribution >= 0.6 is 0 Å². The monoisotopic (exact) mass is 354 g/mol. The minimum atomic E-state index is -0.947. The third kappa shape index (κ3) is 5.17. The molecule has 0 spiro atoms. The number of amides is 2. The molecule has 2 amide bonds. The molecule has 25 heavy (non-hydrogen) atoms. The summed E-state index contributed by atoms with van der Waals surface area (Å²) in [5, 5.41) is 11.8. The molecule has 0 aliphatic heterocycles. The molecule has 0 aromatic heterocycles. The third-order valence-electron chi connectivity index (χ3n) is 3.84. The minimum Gasteiger partial charge on any atom is -0.493 e. The van der Waals surface area contributed by atoms with Gasteiger partial charge in [0.25, 0.3) is 0 Å². The van der Waals surface area contributed by atoms with Crippen molar-refractivity contribution >= 4 is 12.0 Å². The first-order valence-corrected chi connectivity index (χ1v) is 7.79. The van der Waals surface area contributed by atoms with Gasteiger partial charge in [-0.3, -0.25) is 4.79 Å². The van der Waals surface area contributed by atoms with Gasteiger partial charge in [0.2, 0.25) is 5.75 Å². The van der Waals surface area contributed by atoms with Gasteiger partial charge in [-0.25, -0.2) is 4.79 Å². The number of hydrogen-bond donors (Lipinski definition) is 2. The van der Waals surface area contributed by atoms with Gasteiger partial charge in [-0.1, -0.05) is 6.92 Å². The number of rotatable bonds is 8. The minimum absolute atomic E-state index is 0.114. The molecule has 1 aromatic rings. The molecule has 0 aliphatic carbocycles. The Morgan fingerprint density at radius 2 is 1.64 bits per heavy atom. The van der Waals surface area contributed by atoms with Crippen molar-refractivity contribution in [2.45, 2.75) is 19.9 Å². The van der Waals surface area contributed by atoms with E-state index in [1.165, 1.54) is 26.2 Å². The highest BCUT2D eigenvalue weighted by Gasteiger charge is 2.21. The second-order valence-electron chi connectivity index (χ2n) is 5.75. The summed E-state index contributed by atoms with van der Waals surface area (Å²) < 4.78 is 15.9. The van der Waals surface area contributed by atoms with E-state index in [2.05, 4.69) is 5.32 Å². The first-order chi connectivity index (χ1) is 11.7. The maximum absolute atomic E-state index is 12.3. The third-order valence-corrected chi connectivity index (χ3v) is 3.84. The van der Waals surface area contributed by atoms with Gasteiger partial charge in [-0.05, 0) is 24.6 Å². The summed E-state index contributed by atoms with van der Waals surface area (Å²) in [6.07, 6.45) is 0. The van der Waals surface area contributed by atoms with Gasteiger partial charge in [-0.15, -0.1) is 0 Å². The van der Waals surface area contributed by atoms with Crippen molar-refractivity contribution in [3.8, 4) is 17.2 Å². The Morgan fingerprint density at radius 1 is 1.12 bits per heavy atom. The zero-order valence-electron chi connectivity index (χ0n) is 15.5. The van der Waals surface area contributed by atoms with Crippen LogP contribution in [0, 0.1) is 5.92 Å². The molecule has 2 unspecified atom stereocenters. The van der Waals surface area contributed by atoms with Gasteiger partial charge >= 0.3 is 12.0 Å². The Hall–Kier alpha value is -2.64. The van der Waals surface area contributed by atoms with Crippen molar-refractivity contribution in [2.75, 3.05) is 34.9 Å². The average molecular weight is 354 g/mol. The van der Waals surface area contributed by atoms with Crippen LogP contribution in [0.1, 0.15) is 25.5 Å². The van der Waals surface area contributed by atoms with Crippen molar-refractivity contribution in [3.63, 3.8) is 0 Å². The molecule has 1 rings (SSSR count).